The molecule has 1 unspecified atom stereocenters. The number of anilines is 1. The number of rotatable bonds is 2. The maximum absolute atomic E-state index is 13.6. The summed E-state index contributed by atoms with van der Waals surface area (Å²) >= 11 is 5.75. The van der Waals surface area contributed by atoms with Crippen LogP contribution in [0.5, 0.6) is 0 Å². The van der Waals surface area contributed by atoms with Crippen LogP contribution in [0.4, 0.5) is 10.3 Å². The summed E-state index contributed by atoms with van der Waals surface area (Å²) in [6.45, 7) is 1.38. The van der Waals surface area contributed by atoms with Crippen LogP contribution in [0.1, 0.15) is 19.3 Å². The molecule has 6 heteroatoms. The van der Waals surface area contributed by atoms with Crippen LogP contribution in [-0.2, 0) is 11.3 Å². The Morgan fingerprint density at radius 3 is 3.05 bits per heavy atom. The molecular weight excluding hydrogens is 269 g/mol. The van der Waals surface area contributed by atoms with Gasteiger partial charge in [0.05, 0.1) is 28.7 Å². The van der Waals surface area contributed by atoms with Gasteiger partial charge >= 0.3 is 0 Å². The van der Waals surface area contributed by atoms with Gasteiger partial charge in [0.1, 0.15) is 5.82 Å². The quantitative estimate of drug-likeness (QED) is 0.922. The van der Waals surface area contributed by atoms with Crippen molar-refractivity contribution >= 4 is 28.6 Å². The molecule has 0 spiro atoms. The average Bonchev–Trinajstić information content (AvgIpc) is 2.68. The van der Waals surface area contributed by atoms with Crippen molar-refractivity contribution in [1.29, 1.82) is 0 Å². The summed E-state index contributed by atoms with van der Waals surface area (Å²) in [7, 11) is 0. The second kappa shape index (κ2) is 4.98. The van der Waals surface area contributed by atoms with Crippen molar-refractivity contribution in [2.24, 2.45) is 0 Å². The lowest BCUT2D eigenvalue weighted by molar-refractivity contribution is 0.00694. The molecule has 19 heavy (non-hydrogen) atoms. The molecule has 1 aliphatic rings. The third-order valence-corrected chi connectivity index (χ3v) is 3.77. The van der Waals surface area contributed by atoms with Crippen LogP contribution < -0.4 is 5.73 Å². The minimum atomic E-state index is -0.458. The third kappa shape index (κ3) is 2.40. The maximum atomic E-state index is 13.6. The van der Waals surface area contributed by atoms with E-state index in [9.17, 15) is 4.39 Å². The largest absolute Gasteiger partial charge is 0.376 e. The molecular formula is C13H15ClFN3O. The summed E-state index contributed by atoms with van der Waals surface area (Å²) in [6, 6.07) is 2.88. The summed E-state index contributed by atoms with van der Waals surface area (Å²) in [4.78, 5) is 4.21. The first-order valence-electron chi connectivity index (χ1n) is 6.37. The van der Waals surface area contributed by atoms with E-state index in [1.807, 2.05) is 0 Å². The van der Waals surface area contributed by atoms with Crippen molar-refractivity contribution in [3.8, 4) is 0 Å². The van der Waals surface area contributed by atoms with Crippen molar-refractivity contribution in [3.05, 3.63) is 23.0 Å². The molecule has 4 nitrogen and oxygen atoms in total. The second-order valence-corrected chi connectivity index (χ2v) is 5.23. The SMILES string of the molecule is Nc1nc2cc(Cl)c(F)cc2n1CC1CCCCO1. The monoisotopic (exact) mass is 283 g/mol. The highest BCUT2D eigenvalue weighted by atomic mass is 35.5. The van der Waals surface area contributed by atoms with E-state index >= 15 is 0 Å². The number of benzene rings is 1. The van der Waals surface area contributed by atoms with E-state index in [1.165, 1.54) is 12.1 Å². The Balaban J connectivity index is 1.97. The number of aromatic nitrogens is 2. The molecule has 1 fully saturated rings. The van der Waals surface area contributed by atoms with Gasteiger partial charge in [-0.3, -0.25) is 0 Å². The molecule has 2 N–H and O–H groups in total. The zero-order valence-corrected chi connectivity index (χ0v) is 11.2. The number of nitrogen functional groups attached to an aromatic ring is 1. The zero-order valence-electron chi connectivity index (χ0n) is 10.4. The minimum absolute atomic E-state index is 0.0612. The lowest BCUT2D eigenvalue weighted by Gasteiger charge is -2.23. The van der Waals surface area contributed by atoms with Crippen molar-refractivity contribution in [3.63, 3.8) is 0 Å². The molecule has 102 valence electrons. The van der Waals surface area contributed by atoms with Gasteiger partial charge in [-0.2, -0.15) is 0 Å². The normalized spacial score (nSPS) is 20.0. The summed E-state index contributed by atoms with van der Waals surface area (Å²) in [6.07, 6.45) is 3.36. The molecule has 0 bridgehead atoms. The van der Waals surface area contributed by atoms with Gasteiger partial charge in [-0.15, -0.1) is 0 Å². The van der Waals surface area contributed by atoms with Crippen LogP contribution in [0.3, 0.4) is 0 Å². The molecule has 1 atom stereocenters. The third-order valence-electron chi connectivity index (χ3n) is 3.48. The first-order valence-corrected chi connectivity index (χ1v) is 6.75. The van der Waals surface area contributed by atoms with Gasteiger partial charge in [0.15, 0.2) is 0 Å². The van der Waals surface area contributed by atoms with Crippen LogP contribution in [0.25, 0.3) is 11.0 Å². The lowest BCUT2D eigenvalue weighted by Crippen LogP contribution is -2.25. The van der Waals surface area contributed by atoms with E-state index in [0.29, 0.717) is 23.5 Å². The molecule has 0 aliphatic carbocycles. The van der Waals surface area contributed by atoms with Crippen LogP contribution in [-0.4, -0.2) is 22.3 Å². The summed E-state index contributed by atoms with van der Waals surface area (Å²) in [5, 5.41) is 0.0612. The van der Waals surface area contributed by atoms with Gasteiger partial charge in [-0.1, -0.05) is 11.6 Å². The number of hydrogen-bond acceptors (Lipinski definition) is 3. The highest BCUT2D eigenvalue weighted by Gasteiger charge is 2.18. The molecule has 0 radical (unpaired) electrons. The van der Waals surface area contributed by atoms with E-state index in [-0.39, 0.29) is 11.1 Å². The first-order chi connectivity index (χ1) is 9.15. The fourth-order valence-corrected chi connectivity index (χ4v) is 2.64. The molecule has 3 rings (SSSR count). The Morgan fingerprint density at radius 1 is 1.47 bits per heavy atom. The van der Waals surface area contributed by atoms with E-state index in [0.717, 1.165) is 25.9 Å². The number of fused-ring (bicyclic) bond motifs is 1. The summed E-state index contributed by atoms with van der Waals surface area (Å²) in [5.41, 5.74) is 7.17. The number of halogens is 2. The van der Waals surface area contributed by atoms with Crippen LogP contribution in [0.15, 0.2) is 12.1 Å². The maximum Gasteiger partial charge on any atom is 0.201 e. The van der Waals surface area contributed by atoms with E-state index in [1.54, 1.807) is 4.57 Å². The van der Waals surface area contributed by atoms with Gasteiger partial charge in [0.2, 0.25) is 5.95 Å². The first kappa shape index (κ1) is 12.7. The Labute approximate surface area is 115 Å². The Hall–Kier alpha value is -1.33. The van der Waals surface area contributed by atoms with Crippen molar-refractivity contribution < 1.29 is 9.13 Å². The fraction of sp³-hybridized carbons (Fsp3) is 0.462. The van der Waals surface area contributed by atoms with Crippen molar-refractivity contribution in [1.82, 2.24) is 9.55 Å². The zero-order chi connectivity index (χ0) is 13.4. The highest BCUT2D eigenvalue weighted by molar-refractivity contribution is 6.31. The molecule has 1 aliphatic heterocycles. The molecule has 2 aromatic rings. The van der Waals surface area contributed by atoms with Gasteiger partial charge in [0.25, 0.3) is 0 Å². The fourth-order valence-electron chi connectivity index (χ4n) is 2.49. The van der Waals surface area contributed by atoms with Crippen LogP contribution in [0.2, 0.25) is 5.02 Å². The van der Waals surface area contributed by atoms with Gasteiger partial charge in [0, 0.05) is 12.7 Å². The second-order valence-electron chi connectivity index (χ2n) is 4.82. The number of hydrogen-bond donors (Lipinski definition) is 1. The molecule has 2 heterocycles. The van der Waals surface area contributed by atoms with E-state index in [2.05, 4.69) is 4.98 Å². The molecule has 1 aromatic heterocycles. The van der Waals surface area contributed by atoms with E-state index < -0.39 is 5.82 Å². The predicted molar refractivity (Wildman–Crippen MR) is 72.7 cm³/mol. The van der Waals surface area contributed by atoms with Crippen molar-refractivity contribution in [2.75, 3.05) is 12.3 Å². The number of nitrogens with zero attached hydrogens (tertiary/aromatic N) is 2. The van der Waals surface area contributed by atoms with Gasteiger partial charge in [-0.25, -0.2) is 9.37 Å². The van der Waals surface area contributed by atoms with Crippen LogP contribution >= 0.6 is 11.6 Å². The van der Waals surface area contributed by atoms with Gasteiger partial charge < -0.3 is 15.0 Å². The van der Waals surface area contributed by atoms with E-state index in [4.69, 9.17) is 22.1 Å². The Kier molecular flexibility index (Phi) is 3.33. The summed E-state index contributed by atoms with van der Waals surface area (Å²) < 4.78 is 21.1. The highest BCUT2D eigenvalue weighted by Crippen LogP contribution is 2.26. The van der Waals surface area contributed by atoms with Crippen molar-refractivity contribution in [2.45, 2.75) is 31.9 Å². The Bertz CT molecular complexity index is 607. The topological polar surface area (TPSA) is 53.1 Å². The smallest absolute Gasteiger partial charge is 0.201 e. The number of nitrogens with two attached hydrogens (primary N) is 1. The Morgan fingerprint density at radius 2 is 2.32 bits per heavy atom. The standard InChI is InChI=1S/C13H15ClFN3O/c14-9-5-11-12(6-10(9)15)18(13(16)17-11)7-8-3-1-2-4-19-8/h5-6,8H,1-4,7H2,(H2,16,17). The number of imidazole rings is 1. The predicted octanol–water partition coefficient (Wildman–Crippen LogP) is 2.98. The number of ether oxygens (including phenoxy) is 1. The minimum Gasteiger partial charge on any atom is -0.376 e. The average molecular weight is 284 g/mol. The molecule has 0 amide bonds. The molecule has 1 saturated heterocycles. The molecule has 0 saturated carbocycles. The van der Waals surface area contributed by atoms with Crippen LogP contribution in [0, 0.1) is 5.82 Å². The lowest BCUT2D eigenvalue weighted by atomic mass is 10.1. The van der Waals surface area contributed by atoms with Gasteiger partial charge in [-0.05, 0) is 25.3 Å². The summed E-state index contributed by atoms with van der Waals surface area (Å²) in [5.74, 6) is -0.0919. The molecule has 1 aromatic carbocycles.